The predicted octanol–water partition coefficient (Wildman–Crippen LogP) is 1.75. The molecule has 1 unspecified atom stereocenters. The molecule has 0 saturated carbocycles. The lowest BCUT2D eigenvalue weighted by molar-refractivity contribution is 0.389. The van der Waals surface area contributed by atoms with Gasteiger partial charge in [-0.3, -0.25) is 0 Å². The summed E-state index contributed by atoms with van der Waals surface area (Å²) in [6.45, 7) is 4.11. The Morgan fingerprint density at radius 3 is 2.80 bits per heavy atom. The number of imidazole rings is 1. The van der Waals surface area contributed by atoms with Gasteiger partial charge in [0.15, 0.2) is 11.4 Å². The molecule has 4 rings (SSSR count). The number of aromatic nitrogens is 4. The highest BCUT2D eigenvalue weighted by Gasteiger charge is 2.38. The Hall–Kier alpha value is -2.26. The molecule has 1 fully saturated rings. The molecule has 0 N–H and O–H groups in total. The largest absolute Gasteiger partial charge is 0.360 e. The van der Waals surface area contributed by atoms with E-state index in [4.69, 9.17) is 4.52 Å². The number of hydrogen-bond donors (Lipinski definition) is 0. The fourth-order valence-corrected chi connectivity index (χ4v) is 5.33. The first kappa shape index (κ1) is 16.2. The maximum atomic E-state index is 13.0. The van der Waals surface area contributed by atoms with Crippen LogP contribution in [-0.4, -0.2) is 45.5 Å². The molecule has 25 heavy (non-hydrogen) atoms. The first-order valence-electron chi connectivity index (χ1n) is 8.10. The summed E-state index contributed by atoms with van der Waals surface area (Å²) in [4.78, 5) is 9.19. The standard InChI is InChI=1S/C16H19N5O3S/c1-10-14(11(2)24-19-10)25(22,23)21-8-6-12(9-21)15-18-13-5-4-7-17-16(13)20(15)3/h4-5,7,12H,6,8-9H2,1-3H3. The van der Waals surface area contributed by atoms with E-state index in [1.165, 1.54) is 4.31 Å². The average molecular weight is 361 g/mol. The van der Waals surface area contributed by atoms with E-state index in [1.807, 2.05) is 23.7 Å². The molecule has 1 atom stereocenters. The van der Waals surface area contributed by atoms with Crippen LogP contribution in [0.3, 0.4) is 0 Å². The lowest BCUT2D eigenvalue weighted by atomic mass is 10.1. The van der Waals surface area contributed by atoms with Crippen molar-refractivity contribution in [2.45, 2.75) is 31.1 Å². The van der Waals surface area contributed by atoms with Crippen LogP contribution in [0.1, 0.15) is 29.6 Å². The van der Waals surface area contributed by atoms with Gasteiger partial charge in [-0.05, 0) is 32.4 Å². The van der Waals surface area contributed by atoms with Crippen LogP contribution in [0.2, 0.25) is 0 Å². The summed E-state index contributed by atoms with van der Waals surface area (Å²) in [5.74, 6) is 1.23. The number of sulfonamides is 1. The zero-order valence-corrected chi connectivity index (χ0v) is 15.1. The van der Waals surface area contributed by atoms with Crippen LogP contribution >= 0.6 is 0 Å². The quantitative estimate of drug-likeness (QED) is 0.705. The van der Waals surface area contributed by atoms with Crippen LogP contribution < -0.4 is 0 Å². The number of aryl methyl sites for hydroxylation is 3. The Kier molecular flexibility index (Phi) is 3.66. The predicted molar refractivity (Wildman–Crippen MR) is 90.6 cm³/mol. The van der Waals surface area contributed by atoms with Crippen LogP contribution in [0.4, 0.5) is 0 Å². The van der Waals surface area contributed by atoms with E-state index in [1.54, 1.807) is 20.0 Å². The molecule has 0 spiro atoms. The van der Waals surface area contributed by atoms with Gasteiger partial charge in [0.25, 0.3) is 0 Å². The minimum absolute atomic E-state index is 0.0365. The maximum absolute atomic E-state index is 13.0. The van der Waals surface area contributed by atoms with Gasteiger partial charge in [0.2, 0.25) is 10.0 Å². The van der Waals surface area contributed by atoms with Crippen LogP contribution in [0.5, 0.6) is 0 Å². The number of hydrogen-bond acceptors (Lipinski definition) is 6. The second-order valence-electron chi connectivity index (χ2n) is 6.38. The van der Waals surface area contributed by atoms with Crippen molar-refractivity contribution < 1.29 is 12.9 Å². The third kappa shape index (κ3) is 2.46. The molecule has 1 saturated heterocycles. The van der Waals surface area contributed by atoms with E-state index in [9.17, 15) is 8.42 Å². The Balaban J connectivity index is 1.66. The van der Waals surface area contributed by atoms with Crippen molar-refractivity contribution in [3.8, 4) is 0 Å². The molecular weight excluding hydrogens is 342 g/mol. The number of fused-ring (bicyclic) bond motifs is 1. The Morgan fingerprint density at radius 1 is 1.32 bits per heavy atom. The van der Waals surface area contributed by atoms with Gasteiger partial charge in [0, 0.05) is 32.3 Å². The van der Waals surface area contributed by atoms with E-state index in [-0.39, 0.29) is 10.8 Å². The Labute approximate surface area is 145 Å². The lowest BCUT2D eigenvalue weighted by Crippen LogP contribution is -2.29. The molecule has 9 heteroatoms. The Morgan fingerprint density at radius 2 is 2.12 bits per heavy atom. The minimum atomic E-state index is -3.62. The SMILES string of the molecule is Cc1noc(C)c1S(=O)(=O)N1CCC(c2nc3cccnc3n2C)C1. The molecule has 0 amide bonds. The van der Waals surface area contributed by atoms with Gasteiger partial charge >= 0.3 is 0 Å². The molecule has 3 aromatic rings. The monoisotopic (exact) mass is 361 g/mol. The normalized spacial score (nSPS) is 19.1. The van der Waals surface area contributed by atoms with Gasteiger partial charge in [-0.2, -0.15) is 4.31 Å². The number of rotatable bonds is 3. The van der Waals surface area contributed by atoms with Crippen LogP contribution in [0, 0.1) is 13.8 Å². The van der Waals surface area contributed by atoms with Gasteiger partial charge in [-0.15, -0.1) is 0 Å². The van der Waals surface area contributed by atoms with Gasteiger partial charge in [0.05, 0.1) is 0 Å². The van der Waals surface area contributed by atoms with Gasteiger partial charge < -0.3 is 9.09 Å². The molecule has 132 valence electrons. The molecule has 0 aliphatic carbocycles. The minimum Gasteiger partial charge on any atom is -0.360 e. The van der Waals surface area contributed by atoms with E-state index >= 15 is 0 Å². The van der Waals surface area contributed by atoms with Crippen molar-refractivity contribution in [2.24, 2.45) is 7.05 Å². The highest BCUT2D eigenvalue weighted by Crippen LogP contribution is 2.33. The van der Waals surface area contributed by atoms with Gasteiger partial charge in [-0.1, -0.05) is 5.16 Å². The number of pyridine rings is 1. The molecule has 3 aromatic heterocycles. The molecule has 1 aliphatic heterocycles. The third-order valence-corrected chi connectivity index (χ3v) is 6.85. The number of nitrogens with zero attached hydrogens (tertiary/aromatic N) is 5. The van der Waals surface area contributed by atoms with E-state index in [2.05, 4.69) is 15.1 Å². The van der Waals surface area contributed by atoms with Crippen LogP contribution in [0.25, 0.3) is 11.2 Å². The van der Waals surface area contributed by atoms with Crippen molar-refractivity contribution in [3.05, 3.63) is 35.6 Å². The summed E-state index contributed by atoms with van der Waals surface area (Å²) in [6.07, 6.45) is 2.45. The molecule has 0 bridgehead atoms. The topological polar surface area (TPSA) is 94.1 Å². The molecule has 0 aromatic carbocycles. The van der Waals surface area contributed by atoms with Crippen LogP contribution in [0.15, 0.2) is 27.7 Å². The lowest BCUT2D eigenvalue weighted by Gasteiger charge is -2.16. The van der Waals surface area contributed by atoms with Crippen LogP contribution in [-0.2, 0) is 17.1 Å². The Bertz CT molecular complexity index is 1030. The molecular formula is C16H19N5O3S. The average Bonchev–Trinajstić information content (AvgIpc) is 3.26. The van der Waals surface area contributed by atoms with Crippen molar-refractivity contribution in [1.29, 1.82) is 0 Å². The summed E-state index contributed by atoms with van der Waals surface area (Å²) >= 11 is 0. The zero-order chi connectivity index (χ0) is 17.8. The zero-order valence-electron chi connectivity index (χ0n) is 14.3. The van der Waals surface area contributed by atoms with Crippen molar-refractivity contribution >= 4 is 21.2 Å². The van der Waals surface area contributed by atoms with Crippen molar-refractivity contribution in [1.82, 2.24) is 24.0 Å². The summed E-state index contributed by atoms with van der Waals surface area (Å²) in [5.41, 5.74) is 2.03. The first-order valence-corrected chi connectivity index (χ1v) is 9.54. The second-order valence-corrected chi connectivity index (χ2v) is 8.25. The second kappa shape index (κ2) is 5.63. The fourth-order valence-electron chi connectivity index (χ4n) is 3.54. The van der Waals surface area contributed by atoms with E-state index < -0.39 is 10.0 Å². The maximum Gasteiger partial charge on any atom is 0.248 e. The summed E-state index contributed by atoms with van der Waals surface area (Å²) < 4.78 is 34.4. The van der Waals surface area contributed by atoms with Crippen molar-refractivity contribution in [3.63, 3.8) is 0 Å². The van der Waals surface area contributed by atoms with Gasteiger partial charge in [0.1, 0.15) is 21.9 Å². The summed E-state index contributed by atoms with van der Waals surface area (Å²) in [6, 6.07) is 3.77. The van der Waals surface area contributed by atoms with Gasteiger partial charge in [-0.25, -0.2) is 18.4 Å². The molecule has 8 nitrogen and oxygen atoms in total. The first-order chi connectivity index (χ1) is 11.9. The summed E-state index contributed by atoms with van der Waals surface area (Å²) in [7, 11) is -1.70. The summed E-state index contributed by atoms with van der Waals surface area (Å²) in [5, 5.41) is 3.77. The van der Waals surface area contributed by atoms with Crippen molar-refractivity contribution in [2.75, 3.05) is 13.1 Å². The highest BCUT2D eigenvalue weighted by atomic mass is 32.2. The van der Waals surface area contributed by atoms with E-state index in [0.29, 0.717) is 24.5 Å². The highest BCUT2D eigenvalue weighted by molar-refractivity contribution is 7.89. The molecule has 1 aliphatic rings. The molecule has 0 radical (unpaired) electrons. The molecule has 4 heterocycles. The third-order valence-electron chi connectivity index (χ3n) is 4.74. The smallest absolute Gasteiger partial charge is 0.248 e. The van der Waals surface area contributed by atoms with E-state index in [0.717, 1.165) is 23.4 Å². The fraction of sp³-hybridized carbons (Fsp3) is 0.438.